The third kappa shape index (κ3) is 3.82. The van der Waals surface area contributed by atoms with Gasteiger partial charge in [0, 0.05) is 24.3 Å². The molecular weight excluding hydrogens is 307 g/mol. The highest BCUT2D eigenvalue weighted by Crippen LogP contribution is 2.20. The third-order valence-electron chi connectivity index (χ3n) is 4.22. The summed E-state index contributed by atoms with van der Waals surface area (Å²) in [5.74, 6) is -0.426. The molecule has 0 radical (unpaired) electrons. The van der Waals surface area contributed by atoms with E-state index >= 15 is 0 Å². The van der Waals surface area contributed by atoms with E-state index in [1.54, 1.807) is 12.1 Å². The molecule has 6 heteroatoms. The molecule has 1 amide bonds. The Morgan fingerprint density at radius 2 is 1.92 bits per heavy atom. The Morgan fingerprint density at radius 1 is 1.29 bits per heavy atom. The van der Waals surface area contributed by atoms with Crippen LogP contribution in [0.5, 0.6) is 0 Å². The second-order valence-corrected chi connectivity index (χ2v) is 6.10. The van der Waals surface area contributed by atoms with E-state index in [4.69, 9.17) is 0 Å². The second-order valence-electron chi connectivity index (χ2n) is 6.10. The first-order valence-electron chi connectivity index (χ1n) is 8.07. The lowest BCUT2D eigenvalue weighted by atomic mass is 10.0. The van der Waals surface area contributed by atoms with E-state index in [1.807, 2.05) is 44.4 Å². The zero-order valence-corrected chi connectivity index (χ0v) is 14.9. The van der Waals surface area contributed by atoms with Crippen molar-refractivity contribution < 1.29 is 9.18 Å². The molecule has 0 spiro atoms. The zero-order chi connectivity index (χ0) is 17.9. The summed E-state index contributed by atoms with van der Waals surface area (Å²) in [5.41, 5.74) is 3.80. The van der Waals surface area contributed by atoms with Crippen LogP contribution in [0.3, 0.4) is 0 Å². The van der Waals surface area contributed by atoms with E-state index < -0.39 is 6.04 Å². The molecule has 1 aromatic carbocycles. The van der Waals surface area contributed by atoms with E-state index in [0.29, 0.717) is 6.54 Å². The summed E-state index contributed by atoms with van der Waals surface area (Å²) in [6.45, 7) is 7.23. The average molecular weight is 332 g/mol. The van der Waals surface area contributed by atoms with E-state index in [-0.39, 0.29) is 11.7 Å². The summed E-state index contributed by atoms with van der Waals surface area (Å²) < 4.78 is 15.1. The number of nitrogens with one attached hydrogen (secondary N) is 1. The van der Waals surface area contributed by atoms with Crippen LogP contribution in [0.15, 0.2) is 24.3 Å². The van der Waals surface area contributed by atoms with Gasteiger partial charge in [-0.3, -0.25) is 14.4 Å². The van der Waals surface area contributed by atoms with Gasteiger partial charge in [-0.15, -0.1) is 0 Å². The molecule has 1 aromatic heterocycles. The SMILES string of the molecule is CCn1nc(C)c(CNC(=O)[C@@H](c2ccc(F)cc2)N(C)C)c1C. The summed E-state index contributed by atoms with van der Waals surface area (Å²) in [4.78, 5) is 14.5. The van der Waals surface area contributed by atoms with Gasteiger partial charge in [0.05, 0.1) is 5.69 Å². The lowest BCUT2D eigenvalue weighted by molar-refractivity contribution is -0.125. The lowest BCUT2D eigenvalue weighted by Crippen LogP contribution is -2.36. The third-order valence-corrected chi connectivity index (χ3v) is 4.22. The van der Waals surface area contributed by atoms with Crippen LogP contribution in [0.1, 0.15) is 35.5 Å². The summed E-state index contributed by atoms with van der Waals surface area (Å²) >= 11 is 0. The van der Waals surface area contributed by atoms with E-state index in [0.717, 1.165) is 29.1 Å². The fraction of sp³-hybridized carbons (Fsp3) is 0.444. The number of carbonyl (C=O) groups excluding carboxylic acids is 1. The highest BCUT2D eigenvalue weighted by Gasteiger charge is 2.23. The molecule has 0 unspecified atom stereocenters. The summed E-state index contributed by atoms with van der Waals surface area (Å²) in [6, 6.07) is 5.57. The fourth-order valence-electron chi connectivity index (χ4n) is 2.90. The van der Waals surface area contributed by atoms with Gasteiger partial charge in [0.1, 0.15) is 11.9 Å². The molecule has 5 nitrogen and oxygen atoms in total. The van der Waals surface area contributed by atoms with Crippen LogP contribution in [0, 0.1) is 19.7 Å². The van der Waals surface area contributed by atoms with Crippen LogP contribution in [-0.2, 0) is 17.9 Å². The van der Waals surface area contributed by atoms with Crippen molar-refractivity contribution in [3.8, 4) is 0 Å². The number of hydrogen-bond donors (Lipinski definition) is 1. The van der Waals surface area contributed by atoms with E-state index in [1.165, 1.54) is 12.1 Å². The number of likely N-dealkylation sites (N-methyl/N-ethyl adjacent to an activating group) is 1. The number of aromatic nitrogens is 2. The molecular formula is C18H25FN4O. The molecule has 24 heavy (non-hydrogen) atoms. The Labute approximate surface area is 142 Å². The van der Waals surface area contributed by atoms with Gasteiger partial charge in [0.25, 0.3) is 0 Å². The maximum Gasteiger partial charge on any atom is 0.242 e. The first kappa shape index (κ1) is 18.1. The van der Waals surface area contributed by atoms with Gasteiger partial charge in [-0.2, -0.15) is 5.10 Å². The van der Waals surface area contributed by atoms with Crippen molar-refractivity contribution >= 4 is 5.91 Å². The summed E-state index contributed by atoms with van der Waals surface area (Å²) in [5, 5.41) is 7.45. The predicted molar refractivity (Wildman–Crippen MR) is 92.0 cm³/mol. The number of hydrogen-bond acceptors (Lipinski definition) is 3. The molecule has 130 valence electrons. The molecule has 2 aromatic rings. The Kier molecular flexibility index (Phi) is 5.72. The Hall–Kier alpha value is -2.21. The molecule has 0 aliphatic rings. The molecule has 1 atom stereocenters. The monoisotopic (exact) mass is 332 g/mol. The van der Waals surface area contributed by atoms with Crippen LogP contribution in [0.4, 0.5) is 4.39 Å². The van der Waals surface area contributed by atoms with Crippen molar-refractivity contribution in [2.75, 3.05) is 14.1 Å². The molecule has 0 aliphatic heterocycles. The number of aryl methyl sites for hydroxylation is 2. The van der Waals surface area contributed by atoms with Crippen molar-refractivity contribution in [1.29, 1.82) is 0 Å². The average Bonchev–Trinajstić information content (AvgIpc) is 2.81. The van der Waals surface area contributed by atoms with Crippen LogP contribution < -0.4 is 5.32 Å². The molecule has 0 aliphatic carbocycles. The maximum absolute atomic E-state index is 13.1. The highest BCUT2D eigenvalue weighted by atomic mass is 19.1. The molecule has 0 bridgehead atoms. The van der Waals surface area contributed by atoms with Crippen molar-refractivity contribution in [3.63, 3.8) is 0 Å². The molecule has 1 heterocycles. The Balaban J connectivity index is 2.14. The van der Waals surface area contributed by atoms with Gasteiger partial charge in [-0.25, -0.2) is 4.39 Å². The maximum atomic E-state index is 13.1. The predicted octanol–water partition coefficient (Wildman–Crippen LogP) is 2.58. The fourth-order valence-corrected chi connectivity index (χ4v) is 2.90. The van der Waals surface area contributed by atoms with Gasteiger partial charge >= 0.3 is 0 Å². The zero-order valence-electron chi connectivity index (χ0n) is 14.9. The van der Waals surface area contributed by atoms with Crippen LogP contribution in [-0.4, -0.2) is 34.7 Å². The first-order chi connectivity index (χ1) is 11.3. The normalized spacial score (nSPS) is 12.5. The second kappa shape index (κ2) is 7.57. The molecule has 1 N–H and O–H groups in total. The first-order valence-corrected chi connectivity index (χ1v) is 8.07. The van der Waals surface area contributed by atoms with Gasteiger partial charge < -0.3 is 5.32 Å². The number of nitrogens with zero attached hydrogens (tertiary/aromatic N) is 3. The van der Waals surface area contributed by atoms with Crippen molar-refractivity contribution in [2.45, 2.75) is 39.9 Å². The van der Waals surface area contributed by atoms with Crippen LogP contribution >= 0.6 is 0 Å². The minimum atomic E-state index is -0.465. The quantitative estimate of drug-likeness (QED) is 0.884. The minimum Gasteiger partial charge on any atom is -0.350 e. The van der Waals surface area contributed by atoms with Crippen LogP contribution in [0.25, 0.3) is 0 Å². The molecule has 0 saturated carbocycles. The standard InChI is InChI=1S/C18H25FN4O/c1-6-23-13(3)16(12(2)21-23)11-20-18(24)17(22(4)5)14-7-9-15(19)10-8-14/h7-10,17H,6,11H2,1-5H3,(H,20,24)/t17-/m1/s1. The number of halogens is 1. The van der Waals surface area contributed by atoms with Crippen molar-refractivity contribution in [3.05, 3.63) is 52.6 Å². The van der Waals surface area contributed by atoms with Gasteiger partial charge in [-0.1, -0.05) is 12.1 Å². The number of benzene rings is 1. The summed E-state index contributed by atoms with van der Waals surface area (Å²) in [6.07, 6.45) is 0. The smallest absolute Gasteiger partial charge is 0.242 e. The van der Waals surface area contributed by atoms with Gasteiger partial charge in [0.15, 0.2) is 0 Å². The summed E-state index contributed by atoms with van der Waals surface area (Å²) in [7, 11) is 3.67. The lowest BCUT2D eigenvalue weighted by Gasteiger charge is -2.24. The Bertz CT molecular complexity index is 707. The van der Waals surface area contributed by atoms with Crippen molar-refractivity contribution in [2.24, 2.45) is 0 Å². The highest BCUT2D eigenvalue weighted by molar-refractivity contribution is 5.83. The van der Waals surface area contributed by atoms with Crippen LogP contribution in [0.2, 0.25) is 0 Å². The molecule has 0 saturated heterocycles. The Morgan fingerprint density at radius 3 is 2.42 bits per heavy atom. The number of amides is 1. The largest absolute Gasteiger partial charge is 0.350 e. The topological polar surface area (TPSA) is 50.2 Å². The van der Waals surface area contributed by atoms with E-state index in [2.05, 4.69) is 10.4 Å². The molecule has 0 fully saturated rings. The van der Waals surface area contributed by atoms with Gasteiger partial charge in [0.2, 0.25) is 5.91 Å². The number of rotatable bonds is 6. The van der Waals surface area contributed by atoms with E-state index in [9.17, 15) is 9.18 Å². The number of carbonyl (C=O) groups is 1. The van der Waals surface area contributed by atoms with Crippen molar-refractivity contribution in [1.82, 2.24) is 20.0 Å². The van der Waals surface area contributed by atoms with Gasteiger partial charge in [-0.05, 0) is 52.6 Å². The minimum absolute atomic E-state index is 0.116. The molecule has 2 rings (SSSR count).